The van der Waals surface area contributed by atoms with Gasteiger partial charge >= 0.3 is 0 Å². The topological polar surface area (TPSA) is 46.2 Å². The monoisotopic (exact) mass is 313 g/mol. The van der Waals surface area contributed by atoms with E-state index in [1.807, 2.05) is 6.92 Å². The molecular formula is C19H20FNO2. The van der Waals surface area contributed by atoms with Crippen molar-refractivity contribution in [3.8, 4) is 11.1 Å². The molecule has 0 saturated carbocycles. The molecule has 0 aliphatic carbocycles. The summed E-state index contributed by atoms with van der Waals surface area (Å²) >= 11 is 0. The van der Waals surface area contributed by atoms with Crippen LogP contribution in [0.4, 0.5) is 4.39 Å². The molecule has 0 aliphatic rings. The Kier molecular flexibility index (Phi) is 6.03. The largest absolute Gasteiger partial charge is 0.356 e. The van der Waals surface area contributed by atoms with Crippen LogP contribution in [0.15, 0.2) is 48.5 Å². The van der Waals surface area contributed by atoms with Crippen LogP contribution in [0.5, 0.6) is 0 Å². The second-order valence-corrected chi connectivity index (χ2v) is 5.33. The highest BCUT2D eigenvalue weighted by Crippen LogP contribution is 2.23. The van der Waals surface area contributed by atoms with Crippen LogP contribution in [0.2, 0.25) is 0 Å². The minimum Gasteiger partial charge on any atom is -0.356 e. The number of hydrogen-bond acceptors (Lipinski definition) is 2. The molecule has 0 unspecified atom stereocenters. The van der Waals surface area contributed by atoms with E-state index in [-0.39, 0.29) is 30.3 Å². The molecule has 4 heteroatoms. The van der Waals surface area contributed by atoms with Crippen molar-refractivity contribution in [1.29, 1.82) is 0 Å². The third-order valence-electron chi connectivity index (χ3n) is 3.54. The van der Waals surface area contributed by atoms with Gasteiger partial charge < -0.3 is 5.32 Å². The second kappa shape index (κ2) is 8.22. The minimum absolute atomic E-state index is 0.0864. The molecule has 0 saturated heterocycles. The van der Waals surface area contributed by atoms with E-state index in [0.29, 0.717) is 17.7 Å². The Morgan fingerprint density at radius 2 is 1.70 bits per heavy atom. The van der Waals surface area contributed by atoms with Crippen molar-refractivity contribution in [2.24, 2.45) is 0 Å². The average Bonchev–Trinajstić information content (AvgIpc) is 2.58. The molecule has 120 valence electrons. The molecule has 0 heterocycles. The summed E-state index contributed by atoms with van der Waals surface area (Å²) in [6.07, 6.45) is 1.24. The molecular weight excluding hydrogens is 293 g/mol. The van der Waals surface area contributed by atoms with E-state index in [9.17, 15) is 14.0 Å². The van der Waals surface area contributed by atoms with Crippen LogP contribution in [0.1, 0.15) is 36.5 Å². The molecule has 0 aliphatic heterocycles. The van der Waals surface area contributed by atoms with Gasteiger partial charge in [-0.3, -0.25) is 9.59 Å². The maximum atomic E-state index is 13.7. The SMILES string of the molecule is CCCNC(=O)CCC(=O)c1ccc(-c2ccccc2F)cc1. The maximum Gasteiger partial charge on any atom is 0.220 e. The number of amides is 1. The quantitative estimate of drug-likeness (QED) is 0.786. The van der Waals surface area contributed by atoms with Gasteiger partial charge in [-0.1, -0.05) is 49.4 Å². The number of rotatable bonds is 7. The van der Waals surface area contributed by atoms with E-state index in [1.165, 1.54) is 6.07 Å². The second-order valence-electron chi connectivity index (χ2n) is 5.33. The molecule has 23 heavy (non-hydrogen) atoms. The predicted octanol–water partition coefficient (Wildman–Crippen LogP) is 3.98. The van der Waals surface area contributed by atoms with Crippen LogP contribution in [0.25, 0.3) is 11.1 Å². The Balaban J connectivity index is 1.98. The summed E-state index contributed by atoms with van der Waals surface area (Å²) in [5, 5.41) is 2.74. The number of nitrogens with one attached hydrogen (secondary N) is 1. The fourth-order valence-electron chi connectivity index (χ4n) is 2.26. The third kappa shape index (κ3) is 4.74. The van der Waals surface area contributed by atoms with Crippen molar-refractivity contribution < 1.29 is 14.0 Å². The van der Waals surface area contributed by atoms with Gasteiger partial charge in [0.1, 0.15) is 5.82 Å². The zero-order chi connectivity index (χ0) is 16.7. The van der Waals surface area contributed by atoms with Gasteiger partial charge in [0.2, 0.25) is 5.91 Å². The summed E-state index contributed by atoms with van der Waals surface area (Å²) < 4.78 is 13.7. The van der Waals surface area contributed by atoms with Gasteiger partial charge in [0.05, 0.1) is 0 Å². The smallest absolute Gasteiger partial charge is 0.220 e. The molecule has 2 rings (SSSR count). The first-order chi connectivity index (χ1) is 11.1. The van der Waals surface area contributed by atoms with E-state index >= 15 is 0 Å². The van der Waals surface area contributed by atoms with Gasteiger partial charge in [-0.25, -0.2) is 4.39 Å². The van der Waals surface area contributed by atoms with E-state index < -0.39 is 0 Å². The Hall–Kier alpha value is -2.49. The lowest BCUT2D eigenvalue weighted by molar-refractivity contribution is -0.121. The average molecular weight is 313 g/mol. The number of Topliss-reactive ketones (excluding diaryl/α,β-unsaturated/α-hetero) is 1. The summed E-state index contributed by atoms with van der Waals surface area (Å²) in [5.74, 6) is -0.487. The fraction of sp³-hybridized carbons (Fsp3) is 0.263. The van der Waals surface area contributed by atoms with Gasteiger partial charge in [-0.2, -0.15) is 0 Å². The summed E-state index contributed by atoms with van der Waals surface area (Å²) in [4.78, 5) is 23.6. The predicted molar refractivity (Wildman–Crippen MR) is 88.7 cm³/mol. The lowest BCUT2D eigenvalue weighted by Gasteiger charge is -2.06. The number of carbonyl (C=O) groups is 2. The van der Waals surface area contributed by atoms with E-state index in [4.69, 9.17) is 0 Å². The first-order valence-corrected chi connectivity index (χ1v) is 7.76. The molecule has 0 bridgehead atoms. The van der Waals surface area contributed by atoms with E-state index in [2.05, 4.69) is 5.32 Å². The molecule has 2 aromatic carbocycles. The van der Waals surface area contributed by atoms with Gasteiger partial charge in [-0.05, 0) is 18.1 Å². The van der Waals surface area contributed by atoms with Crippen molar-refractivity contribution in [3.05, 3.63) is 59.9 Å². The molecule has 2 aromatic rings. The zero-order valence-electron chi connectivity index (χ0n) is 13.1. The number of halogens is 1. The molecule has 3 nitrogen and oxygen atoms in total. The van der Waals surface area contributed by atoms with Crippen LogP contribution in [-0.2, 0) is 4.79 Å². The molecule has 0 aromatic heterocycles. The molecule has 1 amide bonds. The van der Waals surface area contributed by atoms with Gasteiger partial charge in [0.15, 0.2) is 5.78 Å². The van der Waals surface area contributed by atoms with Gasteiger partial charge in [0, 0.05) is 30.5 Å². The van der Waals surface area contributed by atoms with Crippen LogP contribution < -0.4 is 5.32 Å². The summed E-state index contributed by atoms with van der Waals surface area (Å²) in [5.41, 5.74) is 1.76. The van der Waals surface area contributed by atoms with Crippen molar-refractivity contribution in [1.82, 2.24) is 5.32 Å². The number of ketones is 1. The maximum absolute atomic E-state index is 13.7. The highest BCUT2D eigenvalue weighted by molar-refractivity contribution is 5.98. The first-order valence-electron chi connectivity index (χ1n) is 7.76. The van der Waals surface area contributed by atoms with E-state index in [1.54, 1.807) is 42.5 Å². The summed E-state index contributed by atoms with van der Waals surface area (Å²) in [6, 6.07) is 13.3. The lowest BCUT2D eigenvalue weighted by atomic mass is 10.0. The van der Waals surface area contributed by atoms with Gasteiger partial charge in [0.25, 0.3) is 0 Å². The third-order valence-corrected chi connectivity index (χ3v) is 3.54. The first kappa shape index (κ1) is 16.9. The Bertz CT molecular complexity index is 680. The molecule has 1 N–H and O–H groups in total. The fourth-order valence-corrected chi connectivity index (χ4v) is 2.26. The molecule has 0 radical (unpaired) electrons. The zero-order valence-corrected chi connectivity index (χ0v) is 13.1. The number of benzene rings is 2. The lowest BCUT2D eigenvalue weighted by Crippen LogP contribution is -2.24. The standard InChI is InChI=1S/C19H20FNO2/c1-2-13-21-19(23)12-11-18(22)15-9-7-14(8-10-15)16-5-3-4-6-17(16)20/h3-10H,2,11-13H2,1H3,(H,21,23). The highest BCUT2D eigenvalue weighted by Gasteiger charge is 2.10. The van der Waals surface area contributed by atoms with Crippen molar-refractivity contribution >= 4 is 11.7 Å². The van der Waals surface area contributed by atoms with Crippen LogP contribution in [0, 0.1) is 5.82 Å². The van der Waals surface area contributed by atoms with Crippen LogP contribution in [-0.4, -0.2) is 18.2 Å². The van der Waals surface area contributed by atoms with Gasteiger partial charge in [-0.15, -0.1) is 0 Å². The van der Waals surface area contributed by atoms with E-state index in [0.717, 1.165) is 12.0 Å². The Morgan fingerprint density at radius 1 is 1.00 bits per heavy atom. The normalized spacial score (nSPS) is 10.3. The van der Waals surface area contributed by atoms with Crippen molar-refractivity contribution in [2.45, 2.75) is 26.2 Å². The Morgan fingerprint density at radius 3 is 2.35 bits per heavy atom. The Labute approximate surface area is 135 Å². The van der Waals surface area contributed by atoms with Crippen LogP contribution >= 0.6 is 0 Å². The summed E-state index contributed by atoms with van der Waals surface area (Å²) in [7, 11) is 0. The highest BCUT2D eigenvalue weighted by atomic mass is 19.1. The van der Waals surface area contributed by atoms with Crippen LogP contribution in [0.3, 0.4) is 0 Å². The molecule has 0 atom stereocenters. The number of carbonyl (C=O) groups excluding carboxylic acids is 2. The van der Waals surface area contributed by atoms with Crippen molar-refractivity contribution in [3.63, 3.8) is 0 Å². The molecule has 0 spiro atoms. The summed E-state index contributed by atoms with van der Waals surface area (Å²) in [6.45, 7) is 2.60. The number of hydrogen-bond donors (Lipinski definition) is 1. The van der Waals surface area contributed by atoms with Crippen molar-refractivity contribution in [2.75, 3.05) is 6.54 Å². The molecule has 0 fully saturated rings. The minimum atomic E-state index is -0.292.